The molecule has 0 spiro atoms. The minimum Gasteiger partial charge on any atom is -0.462 e. The van der Waals surface area contributed by atoms with Gasteiger partial charge in [-0.05, 0) is 48.7 Å². The summed E-state index contributed by atoms with van der Waals surface area (Å²) in [5.74, 6) is -0.476. The number of nitrogens with one attached hydrogen (secondary N) is 2. The van der Waals surface area contributed by atoms with Crippen molar-refractivity contribution >= 4 is 40.4 Å². The average molecular weight is 482 g/mol. The van der Waals surface area contributed by atoms with Gasteiger partial charge in [-0.2, -0.15) is 0 Å². The van der Waals surface area contributed by atoms with E-state index < -0.39 is 5.97 Å². The molecule has 182 valence electrons. The van der Waals surface area contributed by atoms with Gasteiger partial charge in [0.15, 0.2) is 0 Å². The van der Waals surface area contributed by atoms with Gasteiger partial charge in [0.05, 0.1) is 29.1 Å². The lowest BCUT2D eigenvalue weighted by molar-refractivity contribution is -0.128. The van der Waals surface area contributed by atoms with E-state index in [1.807, 2.05) is 59.5 Å². The summed E-state index contributed by atoms with van der Waals surface area (Å²) in [7, 11) is 0. The molecule has 0 saturated carbocycles. The molecular formula is C29H27N3O4. The smallest absolute Gasteiger partial charge is 0.338 e. The number of ether oxygens (including phenoxy) is 1. The number of esters is 1. The van der Waals surface area contributed by atoms with Gasteiger partial charge in [0.2, 0.25) is 5.91 Å². The number of fused-ring (bicyclic) bond motifs is 1. The second-order valence-corrected chi connectivity index (χ2v) is 8.79. The number of likely N-dealkylation sites (tertiary alicyclic amines) is 1. The Labute approximate surface area is 209 Å². The molecule has 5 rings (SSSR count). The highest BCUT2D eigenvalue weighted by atomic mass is 16.5. The Morgan fingerprint density at radius 1 is 1.00 bits per heavy atom. The summed E-state index contributed by atoms with van der Waals surface area (Å²) in [5, 5.41) is 6.33. The van der Waals surface area contributed by atoms with Crippen LogP contribution in [0.4, 0.5) is 11.4 Å². The van der Waals surface area contributed by atoms with Crippen LogP contribution in [-0.4, -0.2) is 35.8 Å². The third-order valence-corrected chi connectivity index (χ3v) is 6.36. The molecule has 1 fully saturated rings. The topological polar surface area (TPSA) is 87.7 Å². The van der Waals surface area contributed by atoms with Gasteiger partial charge in [0, 0.05) is 30.8 Å². The number of rotatable bonds is 7. The lowest BCUT2D eigenvalue weighted by atomic mass is 9.99. The lowest BCUT2D eigenvalue weighted by Crippen LogP contribution is -2.23. The SMILES string of the molecule is CCOC(=O)c1ccc2c(c1)NC(=O)/C2=C(\Nc1ccc(CN2CCCC2=O)cc1)c1ccccc1. The Balaban J connectivity index is 1.48. The molecule has 7 nitrogen and oxygen atoms in total. The fourth-order valence-corrected chi connectivity index (χ4v) is 4.58. The first-order chi connectivity index (χ1) is 17.5. The third kappa shape index (κ3) is 4.73. The fraction of sp³-hybridized carbons (Fsp3) is 0.207. The summed E-state index contributed by atoms with van der Waals surface area (Å²) in [6.07, 6.45) is 1.54. The summed E-state index contributed by atoms with van der Waals surface area (Å²) in [6, 6.07) is 22.7. The van der Waals surface area contributed by atoms with Crippen LogP contribution >= 0.6 is 0 Å². The second kappa shape index (κ2) is 10.1. The third-order valence-electron chi connectivity index (χ3n) is 6.36. The number of amides is 2. The van der Waals surface area contributed by atoms with Crippen LogP contribution in [0.25, 0.3) is 11.3 Å². The first kappa shape index (κ1) is 23.4. The summed E-state index contributed by atoms with van der Waals surface area (Å²) in [6.45, 7) is 3.44. The number of benzene rings is 3. The Bertz CT molecular complexity index is 1350. The zero-order chi connectivity index (χ0) is 25.1. The minimum atomic E-state index is -0.427. The van der Waals surface area contributed by atoms with Crippen LogP contribution in [0.5, 0.6) is 0 Å². The standard InChI is InChI=1S/C29H27N3O4/c1-2-36-29(35)21-12-15-23-24(17-21)31-28(34)26(23)27(20-7-4-3-5-8-20)30-22-13-10-19(11-14-22)18-32-16-6-9-25(32)33/h3-5,7-8,10-15,17,30H,2,6,9,16,18H2,1H3,(H,31,34)/b27-26-. The molecule has 2 aliphatic rings. The summed E-state index contributed by atoms with van der Waals surface area (Å²) in [5.41, 5.74) is 5.57. The molecule has 3 aromatic carbocycles. The first-order valence-corrected chi connectivity index (χ1v) is 12.1. The van der Waals surface area contributed by atoms with Crippen LogP contribution in [0.2, 0.25) is 0 Å². The van der Waals surface area contributed by atoms with Crippen molar-refractivity contribution in [1.82, 2.24) is 4.90 Å². The van der Waals surface area contributed by atoms with E-state index in [9.17, 15) is 14.4 Å². The molecule has 3 aromatic rings. The van der Waals surface area contributed by atoms with Gasteiger partial charge in [-0.1, -0.05) is 48.5 Å². The van der Waals surface area contributed by atoms with E-state index in [0.29, 0.717) is 41.1 Å². The fourth-order valence-electron chi connectivity index (χ4n) is 4.58. The van der Waals surface area contributed by atoms with Gasteiger partial charge in [-0.3, -0.25) is 9.59 Å². The van der Waals surface area contributed by atoms with E-state index in [1.165, 1.54) is 0 Å². The second-order valence-electron chi connectivity index (χ2n) is 8.79. The van der Waals surface area contributed by atoms with Crippen LogP contribution < -0.4 is 10.6 Å². The zero-order valence-electron chi connectivity index (χ0n) is 20.0. The van der Waals surface area contributed by atoms with Gasteiger partial charge in [-0.15, -0.1) is 0 Å². The Hall–Kier alpha value is -4.39. The highest BCUT2D eigenvalue weighted by Crippen LogP contribution is 2.38. The molecule has 7 heteroatoms. The van der Waals surface area contributed by atoms with Gasteiger partial charge in [0.25, 0.3) is 5.91 Å². The largest absolute Gasteiger partial charge is 0.462 e. The van der Waals surface area contributed by atoms with Gasteiger partial charge >= 0.3 is 5.97 Å². The Morgan fingerprint density at radius 2 is 1.78 bits per heavy atom. The molecule has 2 amide bonds. The van der Waals surface area contributed by atoms with Crippen molar-refractivity contribution in [2.75, 3.05) is 23.8 Å². The maximum absolute atomic E-state index is 13.2. The van der Waals surface area contributed by atoms with Crippen molar-refractivity contribution in [2.45, 2.75) is 26.3 Å². The van der Waals surface area contributed by atoms with Crippen molar-refractivity contribution in [1.29, 1.82) is 0 Å². The minimum absolute atomic E-state index is 0.199. The zero-order valence-corrected chi connectivity index (χ0v) is 20.0. The number of carbonyl (C=O) groups excluding carboxylic acids is 3. The first-order valence-electron chi connectivity index (χ1n) is 12.1. The number of hydrogen-bond acceptors (Lipinski definition) is 5. The van der Waals surface area contributed by atoms with Gasteiger partial charge in [0.1, 0.15) is 0 Å². The van der Waals surface area contributed by atoms with Crippen molar-refractivity contribution in [3.8, 4) is 0 Å². The number of anilines is 2. The summed E-state index contributed by atoms with van der Waals surface area (Å²) >= 11 is 0. The van der Waals surface area contributed by atoms with Crippen LogP contribution in [-0.2, 0) is 20.9 Å². The molecule has 0 radical (unpaired) electrons. The predicted octanol–water partition coefficient (Wildman–Crippen LogP) is 4.92. The molecule has 0 aromatic heterocycles. The van der Waals surface area contributed by atoms with Crippen LogP contribution in [0.1, 0.15) is 46.8 Å². The van der Waals surface area contributed by atoms with E-state index >= 15 is 0 Å². The van der Waals surface area contributed by atoms with Crippen molar-refractivity contribution in [2.24, 2.45) is 0 Å². The molecule has 0 unspecified atom stereocenters. The summed E-state index contributed by atoms with van der Waals surface area (Å²) in [4.78, 5) is 39.2. The lowest BCUT2D eigenvalue weighted by Gasteiger charge is -2.17. The highest BCUT2D eigenvalue weighted by molar-refractivity contribution is 6.37. The van der Waals surface area contributed by atoms with Crippen molar-refractivity contribution < 1.29 is 19.1 Å². The Morgan fingerprint density at radius 3 is 2.47 bits per heavy atom. The van der Waals surface area contributed by atoms with Crippen molar-refractivity contribution in [3.63, 3.8) is 0 Å². The monoisotopic (exact) mass is 481 g/mol. The quantitative estimate of drug-likeness (QED) is 0.370. The number of hydrogen-bond donors (Lipinski definition) is 2. The summed E-state index contributed by atoms with van der Waals surface area (Å²) < 4.78 is 5.10. The van der Waals surface area contributed by atoms with E-state index in [0.717, 1.165) is 29.8 Å². The van der Waals surface area contributed by atoms with Gasteiger partial charge < -0.3 is 20.3 Å². The number of carbonyl (C=O) groups is 3. The normalized spacial score (nSPS) is 16.0. The predicted molar refractivity (Wildman–Crippen MR) is 139 cm³/mol. The van der Waals surface area contributed by atoms with Crippen LogP contribution in [0, 0.1) is 0 Å². The van der Waals surface area contributed by atoms with E-state index in [-0.39, 0.29) is 18.4 Å². The van der Waals surface area contributed by atoms with E-state index in [1.54, 1.807) is 25.1 Å². The number of nitrogens with zero attached hydrogens (tertiary/aromatic N) is 1. The molecule has 2 N–H and O–H groups in total. The molecule has 1 saturated heterocycles. The van der Waals surface area contributed by atoms with Crippen LogP contribution in [0.3, 0.4) is 0 Å². The van der Waals surface area contributed by atoms with Crippen LogP contribution in [0.15, 0.2) is 72.8 Å². The molecule has 2 heterocycles. The average Bonchev–Trinajstić information content (AvgIpc) is 3.45. The van der Waals surface area contributed by atoms with Gasteiger partial charge in [-0.25, -0.2) is 4.79 Å². The van der Waals surface area contributed by atoms with Crippen molar-refractivity contribution in [3.05, 3.63) is 95.1 Å². The molecular weight excluding hydrogens is 454 g/mol. The molecule has 0 bridgehead atoms. The maximum atomic E-state index is 13.2. The molecule has 0 atom stereocenters. The highest BCUT2D eigenvalue weighted by Gasteiger charge is 2.29. The molecule has 2 aliphatic heterocycles. The van der Waals surface area contributed by atoms with E-state index in [4.69, 9.17) is 4.74 Å². The van der Waals surface area contributed by atoms with E-state index in [2.05, 4.69) is 10.6 Å². The maximum Gasteiger partial charge on any atom is 0.338 e. The molecule has 0 aliphatic carbocycles. The Kier molecular flexibility index (Phi) is 6.54. The molecule has 36 heavy (non-hydrogen) atoms.